The predicted octanol–water partition coefficient (Wildman–Crippen LogP) is 2.52. The molecule has 0 bridgehead atoms. The molecular formula is C20H21N3O3. The van der Waals surface area contributed by atoms with Gasteiger partial charge < -0.3 is 14.6 Å². The Morgan fingerprint density at radius 1 is 1.23 bits per heavy atom. The molecule has 0 saturated heterocycles. The van der Waals surface area contributed by atoms with Crippen molar-refractivity contribution >= 4 is 16.8 Å². The van der Waals surface area contributed by atoms with Crippen LogP contribution < -0.4 is 5.56 Å². The van der Waals surface area contributed by atoms with E-state index in [-0.39, 0.29) is 18.0 Å². The number of carbonyl (C=O) groups is 1. The molecule has 134 valence electrons. The standard InChI is InChI=1S/C20H21N3O3/c1-14-6-5-7-15-12-16(19(24)22-18(14)15)13-23(10-11-26-2)20(25)17-8-3-4-9-21-17/h3-9,12H,10-11,13H2,1-2H3,(H,22,24). The van der Waals surface area contributed by atoms with Gasteiger partial charge in [-0.1, -0.05) is 24.3 Å². The Kier molecular flexibility index (Phi) is 5.43. The Labute approximate surface area is 151 Å². The van der Waals surface area contributed by atoms with Gasteiger partial charge in [0.05, 0.1) is 18.7 Å². The number of aromatic amines is 1. The number of pyridine rings is 2. The zero-order valence-corrected chi connectivity index (χ0v) is 14.9. The summed E-state index contributed by atoms with van der Waals surface area (Å²) in [4.78, 5) is 33.9. The lowest BCUT2D eigenvalue weighted by Crippen LogP contribution is -2.35. The number of ether oxygens (including phenoxy) is 1. The third kappa shape index (κ3) is 3.81. The number of hydrogen-bond acceptors (Lipinski definition) is 4. The quantitative estimate of drug-likeness (QED) is 0.740. The van der Waals surface area contributed by atoms with Crippen molar-refractivity contribution in [3.05, 3.63) is 75.8 Å². The van der Waals surface area contributed by atoms with Crippen LogP contribution in [-0.4, -0.2) is 41.0 Å². The van der Waals surface area contributed by atoms with Gasteiger partial charge in [-0.25, -0.2) is 0 Å². The molecule has 6 heteroatoms. The molecule has 0 unspecified atom stereocenters. The van der Waals surface area contributed by atoms with Crippen LogP contribution in [0.3, 0.4) is 0 Å². The summed E-state index contributed by atoms with van der Waals surface area (Å²) in [7, 11) is 1.58. The highest BCUT2D eigenvalue weighted by atomic mass is 16.5. The van der Waals surface area contributed by atoms with Crippen molar-refractivity contribution in [2.24, 2.45) is 0 Å². The van der Waals surface area contributed by atoms with Gasteiger partial charge in [-0.15, -0.1) is 0 Å². The molecule has 1 N–H and O–H groups in total. The zero-order valence-electron chi connectivity index (χ0n) is 14.9. The summed E-state index contributed by atoms with van der Waals surface area (Å²) in [6, 6.07) is 12.9. The summed E-state index contributed by atoms with van der Waals surface area (Å²) in [5.74, 6) is -0.230. The number of aromatic nitrogens is 2. The molecule has 6 nitrogen and oxygen atoms in total. The molecule has 26 heavy (non-hydrogen) atoms. The van der Waals surface area contributed by atoms with E-state index in [0.717, 1.165) is 16.5 Å². The molecule has 0 saturated carbocycles. The molecule has 0 atom stereocenters. The van der Waals surface area contributed by atoms with Crippen molar-refractivity contribution in [2.45, 2.75) is 13.5 Å². The number of fused-ring (bicyclic) bond motifs is 1. The van der Waals surface area contributed by atoms with E-state index in [2.05, 4.69) is 9.97 Å². The Morgan fingerprint density at radius 2 is 2.08 bits per heavy atom. The molecule has 3 rings (SSSR count). The monoisotopic (exact) mass is 351 g/mol. The first-order valence-corrected chi connectivity index (χ1v) is 8.41. The number of H-pyrrole nitrogens is 1. The average Bonchev–Trinajstić information content (AvgIpc) is 2.66. The summed E-state index contributed by atoms with van der Waals surface area (Å²) < 4.78 is 5.11. The minimum absolute atomic E-state index is 0.192. The van der Waals surface area contributed by atoms with Crippen LogP contribution in [0.2, 0.25) is 0 Å². The molecule has 0 aliphatic heterocycles. The molecule has 2 aromatic heterocycles. The number of amides is 1. The van der Waals surface area contributed by atoms with Crippen molar-refractivity contribution in [1.82, 2.24) is 14.9 Å². The van der Waals surface area contributed by atoms with Crippen molar-refractivity contribution in [1.29, 1.82) is 0 Å². The summed E-state index contributed by atoms with van der Waals surface area (Å²) in [5, 5.41) is 0.941. The van der Waals surface area contributed by atoms with E-state index in [4.69, 9.17) is 4.74 Å². The van der Waals surface area contributed by atoms with E-state index in [9.17, 15) is 9.59 Å². The van der Waals surface area contributed by atoms with E-state index in [1.807, 2.05) is 31.2 Å². The molecule has 0 spiro atoms. The fourth-order valence-corrected chi connectivity index (χ4v) is 2.86. The van der Waals surface area contributed by atoms with Crippen LogP contribution >= 0.6 is 0 Å². The minimum atomic E-state index is -0.230. The lowest BCUT2D eigenvalue weighted by atomic mass is 10.1. The molecule has 1 amide bonds. The van der Waals surface area contributed by atoms with Gasteiger partial charge in [0.2, 0.25) is 0 Å². The maximum absolute atomic E-state index is 12.8. The van der Waals surface area contributed by atoms with Crippen molar-refractivity contribution in [3.63, 3.8) is 0 Å². The maximum atomic E-state index is 12.8. The molecule has 2 heterocycles. The number of carbonyl (C=O) groups excluding carboxylic acids is 1. The largest absolute Gasteiger partial charge is 0.383 e. The Hall–Kier alpha value is -2.99. The van der Waals surface area contributed by atoms with Gasteiger partial charge in [0, 0.05) is 25.4 Å². The summed E-state index contributed by atoms with van der Waals surface area (Å²) in [6.45, 7) is 2.89. The van der Waals surface area contributed by atoms with Crippen LogP contribution in [0.4, 0.5) is 0 Å². The van der Waals surface area contributed by atoms with E-state index in [1.54, 1.807) is 36.4 Å². The van der Waals surface area contributed by atoms with Crippen LogP contribution in [0.5, 0.6) is 0 Å². The van der Waals surface area contributed by atoms with Crippen LogP contribution in [0.25, 0.3) is 10.9 Å². The summed E-state index contributed by atoms with van der Waals surface area (Å²) in [5.41, 5.74) is 2.51. The molecular weight excluding hydrogens is 330 g/mol. The highest BCUT2D eigenvalue weighted by molar-refractivity contribution is 5.92. The zero-order chi connectivity index (χ0) is 18.5. The third-order valence-corrected chi connectivity index (χ3v) is 4.26. The molecule has 0 aliphatic rings. The lowest BCUT2D eigenvalue weighted by molar-refractivity contribution is 0.0674. The van der Waals surface area contributed by atoms with Gasteiger partial charge >= 0.3 is 0 Å². The van der Waals surface area contributed by atoms with Crippen LogP contribution in [0.1, 0.15) is 21.6 Å². The second-order valence-electron chi connectivity index (χ2n) is 6.10. The van der Waals surface area contributed by atoms with Crippen molar-refractivity contribution in [2.75, 3.05) is 20.3 Å². The lowest BCUT2D eigenvalue weighted by Gasteiger charge is -2.22. The third-order valence-electron chi connectivity index (χ3n) is 4.26. The van der Waals surface area contributed by atoms with E-state index in [1.165, 1.54) is 0 Å². The number of benzene rings is 1. The number of hydrogen-bond donors (Lipinski definition) is 1. The number of nitrogens with zero attached hydrogens (tertiary/aromatic N) is 2. The predicted molar refractivity (Wildman–Crippen MR) is 100 cm³/mol. The van der Waals surface area contributed by atoms with Gasteiger partial charge in [-0.2, -0.15) is 0 Å². The first kappa shape index (κ1) is 17.8. The molecule has 3 aromatic rings. The van der Waals surface area contributed by atoms with Gasteiger partial charge in [0.1, 0.15) is 5.69 Å². The highest BCUT2D eigenvalue weighted by Crippen LogP contribution is 2.16. The van der Waals surface area contributed by atoms with Gasteiger partial charge in [0.15, 0.2) is 0 Å². The second kappa shape index (κ2) is 7.93. The summed E-state index contributed by atoms with van der Waals surface area (Å²) >= 11 is 0. The number of methoxy groups -OCH3 is 1. The average molecular weight is 351 g/mol. The van der Waals surface area contributed by atoms with Gasteiger partial charge in [0.25, 0.3) is 11.5 Å². The van der Waals surface area contributed by atoms with Crippen LogP contribution in [-0.2, 0) is 11.3 Å². The topological polar surface area (TPSA) is 75.3 Å². The fourth-order valence-electron chi connectivity index (χ4n) is 2.86. The summed E-state index contributed by atoms with van der Waals surface area (Å²) in [6.07, 6.45) is 1.58. The number of nitrogens with one attached hydrogen (secondary N) is 1. The first-order chi connectivity index (χ1) is 12.6. The van der Waals surface area contributed by atoms with Crippen LogP contribution in [0, 0.1) is 6.92 Å². The SMILES string of the molecule is COCCN(Cc1cc2cccc(C)c2[nH]c1=O)C(=O)c1ccccn1. The Balaban J connectivity index is 1.94. The van der Waals surface area contributed by atoms with Gasteiger partial charge in [-0.05, 0) is 36.1 Å². The molecule has 1 aromatic carbocycles. The first-order valence-electron chi connectivity index (χ1n) is 8.41. The highest BCUT2D eigenvalue weighted by Gasteiger charge is 2.18. The number of para-hydroxylation sites is 1. The van der Waals surface area contributed by atoms with Crippen molar-refractivity contribution < 1.29 is 9.53 Å². The fraction of sp³-hybridized carbons (Fsp3) is 0.250. The number of aryl methyl sites for hydroxylation is 1. The van der Waals surface area contributed by atoms with Crippen LogP contribution in [0.15, 0.2) is 53.5 Å². The Morgan fingerprint density at radius 3 is 2.81 bits per heavy atom. The normalized spacial score (nSPS) is 10.8. The molecule has 0 aliphatic carbocycles. The Bertz CT molecular complexity index is 967. The van der Waals surface area contributed by atoms with E-state index in [0.29, 0.717) is 24.4 Å². The maximum Gasteiger partial charge on any atom is 0.272 e. The molecule has 0 radical (unpaired) electrons. The van der Waals surface area contributed by atoms with E-state index < -0.39 is 0 Å². The van der Waals surface area contributed by atoms with Crippen molar-refractivity contribution in [3.8, 4) is 0 Å². The van der Waals surface area contributed by atoms with Gasteiger partial charge in [-0.3, -0.25) is 14.6 Å². The van der Waals surface area contributed by atoms with E-state index >= 15 is 0 Å². The number of rotatable bonds is 6. The second-order valence-corrected chi connectivity index (χ2v) is 6.10. The minimum Gasteiger partial charge on any atom is -0.383 e. The smallest absolute Gasteiger partial charge is 0.272 e. The molecule has 0 fully saturated rings.